The number of hydrogen-bond acceptors (Lipinski definition) is 3. The highest BCUT2D eigenvalue weighted by Gasteiger charge is 2.30. The van der Waals surface area contributed by atoms with E-state index in [1.807, 2.05) is 0 Å². The molecule has 2 rings (SSSR count). The molecular formula is C12H15F2NO2. The number of halogens is 2. The topological polar surface area (TPSA) is 30.5 Å². The number of fused-ring (bicyclic) bond motifs is 1. The van der Waals surface area contributed by atoms with Crippen LogP contribution in [0.3, 0.4) is 0 Å². The minimum absolute atomic E-state index is 0.0111. The summed E-state index contributed by atoms with van der Waals surface area (Å²) in [5, 5.41) is 2.95. The molecule has 1 aliphatic heterocycles. The fourth-order valence-corrected chi connectivity index (χ4v) is 1.86. The van der Waals surface area contributed by atoms with Crippen molar-refractivity contribution in [1.29, 1.82) is 0 Å². The van der Waals surface area contributed by atoms with Crippen molar-refractivity contribution in [1.82, 2.24) is 5.32 Å². The van der Waals surface area contributed by atoms with Crippen LogP contribution in [-0.4, -0.2) is 20.4 Å². The smallest absolute Gasteiger partial charge is 0.270 e. The van der Waals surface area contributed by atoms with Gasteiger partial charge in [0.15, 0.2) is 11.5 Å². The lowest BCUT2D eigenvalue weighted by Gasteiger charge is -2.16. The van der Waals surface area contributed by atoms with Crippen molar-refractivity contribution in [3.63, 3.8) is 0 Å². The standard InChI is InChI=1S/C12H15F2NO2/c1-12(13,14)9-6-11-10(16-7-17-11)5-8(9)3-4-15-2/h5-6,15H,3-4,7H2,1-2H3. The third-order valence-corrected chi connectivity index (χ3v) is 2.72. The van der Waals surface area contributed by atoms with Crippen LogP contribution in [0, 0.1) is 0 Å². The first-order valence-electron chi connectivity index (χ1n) is 5.48. The zero-order valence-corrected chi connectivity index (χ0v) is 9.85. The monoisotopic (exact) mass is 243 g/mol. The summed E-state index contributed by atoms with van der Waals surface area (Å²) in [6.45, 7) is 1.63. The second kappa shape index (κ2) is 4.49. The van der Waals surface area contributed by atoms with E-state index in [-0.39, 0.29) is 12.4 Å². The van der Waals surface area contributed by atoms with E-state index < -0.39 is 5.92 Å². The molecule has 1 heterocycles. The Labute approximate surface area is 98.7 Å². The van der Waals surface area contributed by atoms with Crippen molar-refractivity contribution < 1.29 is 18.3 Å². The Kier molecular flexibility index (Phi) is 3.19. The first-order chi connectivity index (χ1) is 8.02. The molecule has 0 aliphatic carbocycles. The van der Waals surface area contributed by atoms with Crippen molar-refractivity contribution in [3.05, 3.63) is 23.3 Å². The van der Waals surface area contributed by atoms with Gasteiger partial charge in [0.1, 0.15) is 0 Å². The number of alkyl halides is 2. The zero-order chi connectivity index (χ0) is 12.5. The van der Waals surface area contributed by atoms with E-state index in [0.717, 1.165) is 6.92 Å². The first-order valence-corrected chi connectivity index (χ1v) is 5.48. The van der Waals surface area contributed by atoms with Gasteiger partial charge in [0, 0.05) is 12.5 Å². The Balaban J connectivity index is 2.40. The van der Waals surface area contributed by atoms with Gasteiger partial charge in [-0.3, -0.25) is 0 Å². The van der Waals surface area contributed by atoms with Crippen LogP contribution in [0.25, 0.3) is 0 Å². The Morgan fingerprint density at radius 3 is 2.53 bits per heavy atom. The lowest BCUT2D eigenvalue weighted by Crippen LogP contribution is -2.16. The summed E-state index contributed by atoms with van der Waals surface area (Å²) in [7, 11) is 1.79. The van der Waals surface area contributed by atoms with Gasteiger partial charge < -0.3 is 14.8 Å². The molecule has 0 spiro atoms. The lowest BCUT2D eigenvalue weighted by molar-refractivity contribution is 0.0163. The van der Waals surface area contributed by atoms with Gasteiger partial charge >= 0.3 is 0 Å². The zero-order valence-electron chi connectivity index (χ0n) is 9.85. The molecule has 1 N–H and O–H groups in total. The molecule has 17 heavy (non-hydrogen) atoms. The normalized spacial score (nSPS) is 14.1. The molecule has 94 valence electrons. The predicted molar refractivity (Wildman–Crippen MR) is 59.8 cm³/mol. The van der Waals surface area contributed by atoms with Crippen LogP contribution in [0.2, 0.25) is 0 Å². The van der Waals surface area contributed by atoms with Crippen LogP contribution in [0.15, 0.2) is 12.1 Å². The van der Waals surface area contributed by atoms with Gasteiger partial charge in [-0.15, -0.1) is 0 Å². The number of hydrogen-bond donors (Lipinski definition) is 1. The van der Waals surface area contributed by atoms with Gasteiger partial charge in [-0.1, -0.05) is 0 Å². The quantitative estimate of drug-likeness (QED) is 0.880. The second-order valence-electron chi connectivity index (χ2n) is 4.10. The fourth-order valence-electron chi connectivity index (χ4n) is 1.86. The number of rotatable bonds is 4. The number of ether oxygens (including phenoxy) is 2. The van der Waals surface area contributed by atoms with Gasteiger partial charge in [0.25, 0.3) is 5.92 Å². The number of nitrogens with one attached hydrogen (secondary N) is 1. The molecule has 1 aliphatic rings. The molecular weight excluding hydrogens is 228 g/mol. The van der Waals surface area contributed by atoms with Crippen molar-refractivity contribution in [3.8, 4) is 11.5 Å². The Bertz CT molecular complexity index is 416. The molecule has 1 aromatic carbocycles. The molecule has 0 saturated carbocycles. The summed E-state index contributed by atoms with van der Waals surface area (Å²) in [5.74, 6) is -1.93. The Hall–Kier alpha value is -1.36. The minimum atomic E-state index is -2.87. The van der Waals surface area contributed by atoms with E-state index in [2.05, 4.69) is 5.32 Å². The number of likely N-dealkylation sites (N-methyl/N-ethyl adjacent to an activating group) is 1. The van der Waals surface area contributed by atoms with Crippen molar-refractivity contribution in [2.45, 2.75) is 19.3 Å². The van der Waals surface area contributed by atoms with Gasteiger partial charge in [0.05, 0.1) is 0 Å². The molecule has 0 atom stereocenters. The maximum absolute atomic E-state index is 13.5. The summed E-state index contributed by atoms with van der Waals surface area (Å²) in [6, 6.07) is 3.03. The summed E-state index contributed by atoms with van der Waals surface area (Å²) >= 11 is 0. The van der Waals surface area contributed by atoms with E-state index in [1.54, 1.807) is 13.1 Å². The largest absolute Gasteiger partial charge is 0.454 e. The SMILES string of the molecule is CNCCc1cc2c(cc1C(C)(F)F)OCO2. The molecule has 5 heteroatoms. The number of benzene rings is 1. The van der Waals surface area contributed by atoms with Gasteiger partial charge in [-0.2, -0.15) is 0 Å². The second-order valence-corrected chi connectivity index (χ2v) is 4.10. The fraction of sp³-hybridized carbons (Fsp3) is 0.500. The molecule has 0 bridgehead atoms. The maximum atomic E-state index is 13.5. The van der Waals surface area contributed by atoms with E-state index in [0.29, 0.717) is 30.0 Å². The Morgan fingerprint density at radius 1 is 1.29 bits per heavy atom. The molecule has 0 saturated heterocycles. The van der Waals surface area contributed by atoms with E-state index in [9.17, 15) is 8.78 Å². The molecule has 0 unspecified atom stereocenters. The summed E-state index contributed by atoms with van der Waals surface area (Å²) in [4.78, 5) is 0. The van der Waals surface area contributed by atoms with Crippen LogP contribution in [0.5, 0.6) is 11.5 Å². The van der Waals surface area contributed by atoms with Gasteiger partial charge in [-0.25, -0.2) is 8.78 Å². The van der Waals surface area contributed by atoms with Gasteiger partial charge in [0.2, 0.25) is 6.79 Å². The van der Waals surface area contributed by atoms with Crippen molar-refractivity contribution >= 4 is 0 Å². The van der Waals surface area contributed by atoms with E-state index >= 15 is 0 Å². The molecule has 0 amide bonds. The Morgan fingerprint density at radius 2 is 1.94 bits per heavy atom. The first kappa shape index (κ1) is 12.1. The predicted octanol–water partition coefficient (Wildman–Crippen LogP) is 2.29. The maximum Gasteiger partial charge on any atom is 0.270 e. The summed E-state index contributed by atoms with van der Waals surface area (Å²) in [5.41, 5.74) is 0.605. The summed E-state index contributed by atoms with van der Waals surface area (Å²) in [6.07, 6.45) is 0.534. The van der Waals surface area contributed by atoms with Crippen LogP contribution < -0.4 is 14.8 Å². The third kappa shape index (κ3) is 2.49. The third-order valence-electron chi connectivity index (χ3n) is 2.72. The van der Waals surface area contributed by atoms with Crippen LogP contribution in [-0.2, 0) is 12.3 Å². The lowest BCUT2D eigenvalue weighted by atomic mass is 9.99. The highest BCUT2D eigenvalue weighted by Crippen LogP contribution is 2.40. The van der Waals surface area contributed by atoms with Crippen LogP contribution >= 0.6 is 0 Å². The minimum Gasteiger partial charge on any atom is -0.454 e. The molecule has 0 fully saturated rings. The van der Waals surface area contributed by atoms with Crippen LogP contribution in [0.4, 0.5) is 8.78 Å². The van der Waals surface area contributed by atoms with Gasteiger partial charge in [-0.05, 0) is 37.7 Å². The van der Waals surface area contributed by atoms with Crippen molar-refractivity contribution in [2.24, 2.45) is 0 Å². The molecule has 0 aromatic heterocycles. The average molecular weight is 243 g/mol. The average Bonchev–Trinajstić information content (AvgIpc) is 2.70. The molecule has 0 radical (unpaired) electrons. The van der Waals surface area contributed by atoms with E-state index in [1.165, 1.54) is 6.07 Å². The highest BCUT2D eigenvalue weighted by molar-refractivity contribution is 5.50. The van der Waals surface area contributed by atoms with E-state index in [4.69, 9.17) is 9.47 Å². The van der Waals surface area contributed by atoms with Crippen LogP contribution in [0.1, 0.15) is 18.1 Å². The molecule has 3 nitrogen and oxygen atoms in total. The molecule has 1 aromatic rings. The van der Waals surface area contributed by atoms with Crippen molar-refractivity contribution in [2.75, 3.05) is 20.4 Å². The summed E-state index contributed by atoms with van der Waals surface area (Å²) < 4.78 is 37.3. The highest BCUT2D eigenvalue weighted by atomic mass is 19.3.